The molecule has 6 nitrogen and oxygen atoms in total. The first kappa shape index (κ1) is 27.6. The van der Waals surface area contributed by atoms with Crippen LogP contribution in [0.4, 0.5) is 0 Å². The van der Waals surface area contributed by atoms with Gasteiger partial charge in [0.25, 0.3) is 0 Å². The molecule has 0 spiro atoms. The molecule has 206 valence electrons. The fourth-order valence-corrected chi connectivity index (χ4v) is 7.08. The van der Waals surface area contributed by atoms with Gasteiger partial charge in [0.15, 0.2) is 0 Å². The molecule has 5 rings (SSSR count). The van der Waals surface area contributed by atoms with Crippen molar-refractivity contribution in [3.05, 3.63) is 90.0 Å². The Bertz CT molecular complexity index is 1330. The van der Waals surface area contributed by atoms with Gasteiger partial charge in [0.2, 0.25) is 10.0 Å². The highest BCUT2D eigenvalue weighted by Gasteiger charge is 2.32. The van der Waals surface area contributed by atoms with Crippen molar-refractivity contribution in [2.75, 3.05) is 26.2 Å². The summed E-state index contributed by atoms with van der Waals surface area (Å²) in [4.78, 5) is 15.4. The largest absolute Gasteiger partial charge is 0.461 e. The van der Waals surface area contributed by atoms with Crippen LogP contribution in [0, 0.1) is 5.92 Å². The number of rotatable bonds is 9. The quantitative estimate of drug-likeness (QED) is 0.331. The van der Waals surface area contributed by atoms with E-state index in [4.69, 9.17) is 4.74 Å². The Morgan fingerprint density at radius 3 is 2.08 bits per heavy atom. The van der Waals surface area contributed by atoms with Crippen molar-refractivity contribution in [2.24, 2.45) is 5.92 Å². The van der Waals surface area contributed by atoms with Gasteiger partial charge in [-0.2, -0.15) is 4.31 Å². The van der Waals surface area contributed by atoms with Gasteiger partial charge in [-0.15, -0.1) is 0 Å². The molecule has 3 aromatic carbocycles. The summed E-state index contributed by atoms with van der Waals surface area (Å²) in [5.74, 6) is -0.527. The van der Waals surface area contributed by atoms with E-state index >= 15 is 0 Å². The Labute approximate surface area is 232 Å². The predicted octanol–water partition coefficient (Wildman–Crippen LogP) is 5.52. The topological polar surface area (TPSA) is 66.9 Å². The van der Waals surface area contributed by atoms with Gasteiger partial charge in [0, 0.05) is 25.7 Å². The SMILES string of the molecule is C[C@@H]1CCCN1CCc1ccc(-c2ccc(S(=O)(=O)N3CCC(C(=O)OCc4ccccc4)CC3)cc2)cc1. The highest BCUT2D eigenvalue weighted by atomic mass is 32.2. The van der Waals surface area contributed by atoms with Crippen LogP contribution in [0.5, 0.6) is 0 Å². The van der Waals surface area contributed by atoms with Crippen molar-refractivity contribution >= 4 is 16.0 Å². The summed E-state index contributed by atoms with van der Waals surface area (Å²) < 4.78 is 33.5. The molecule has 7 heteroatoms. The molecule has 2 heterocycles. The highest BCUT2D eigenvalue weighted by molar-refractivity contribution is 7.89. The number of benzene rings is 3. The first-order chi connectivity index (χ1) is 18.9. The van der Waals surface area contributed by atoms with E-state index in [-0.39, 0.29) is 23.4 Å². The maximum atomic E-state index is 13.3. The zero-order chi connectivity index (χ0) is 27.2. The van der Waals surface area contributed by atoms with Crippen molar-refractivity contribution in [2.45, 2.75) is 56.6 Å². The molecular weight excluding hydrogens is 508 g/mol. The van der Waals surface area contributed by atoms with Crippen LogP contribution in [0.2, 0.25) is 0 Å². The van der Waals surface area contributed by atoms with Gasteiger partial charge in [0.1, 0.15) is 6.61 Å². The van der Waals surface area contributed by atoms with Crippen LogP contribution >= 0.6 is 0 Å². The van der Waals surface area contributed by atoms with E-state index in [1.54, 1.807) is 12.1 Å². The van der Waals surface area contributed by atoms with Crippen LogP contribution in [-0.2, 0) is 32.6 Å². The highest BCUT2D eigenvalue weighted by Crippen LogP contribution is 2.27. The van der Waals surface area contributed by atoms with Crippen LogP contribution in [0.1, 0.15) is 43.7 Å². The van der Waals surface area contributed by atoms with Crippen molar-refractivity contribution in [1.82, 2.24) is 9.21 Å². The molecule has 3 aromatic rings. The number of nitrogens with zero attached hydrogens (tertiary/aromatic N) is 2. The van der Waals surface area contributed by atoms with Crippen molar-refractivity contribution in [1.29, 1.82) is 0 Å². The lowest BCUT2D eigenvalue weighted by atomic mass is 9.98. The van der Waals surface area contributed by atoms with Crippen LogP contribution < -0.4 is 0 Å². The van der Waals surface area contributed by atoms with E-state index in [9.17, 15) is 13.2 Å². The minimum atomic E-state index is -3.62. The molecule has 0 amide bonds. The summed E-state index contributed by atoms with van der Waals surface area (Å²) in [6, 6.07) is 26.0. The summed E-state index contributed by atoms with van der Waals surface area (Å²) >= 11 is 0. The van der Waals surface area contributed by atoms with Gasteiger partial charge >= 0.3 is 5.97 Å². The second kappa shape index (κ2) is 12.5. The maximum Gasteiger partial charge on any atom is 0.309 e. The number of carbonyl (C=O) groups excluding carboxylic acids is 1. The number of sulfonamides is 1. The van der Waals surface area contributed by atoms with Gasteiger partial charge < -0.3 is 9.64 Å². The molecule has 2 aliphatic heterocycles. The lowest BCUT2D eigenvalue weighted by molar-refractivity contribution is -0.151. The number of carbonyl (C=O) groups is 1. The number of esters is 1. The van der Waals surface area contributed by atoms with E-state index in [0.29, 0.717) is 32.0 Å². The van der Waals surface area contributed by atoms with Crippen molar-refractivity contribution in [3.8, 4) is 11.1 Å². The lowest BCUT2D eigenvalue weighted by Gasteiger charge is -2.30. The monoisotopic (exact) mass is 546 g/mol. The summed E-state index contributed by atoms with van der Waals surface area (Å²) in [5.41, 5.74) is 4.34. The normalized spacial score (nSPS) is 19.3. The molecule has 39 heavy (non-hydrogen) atoms. The second-order valence-electron chi connectivity index (χ2n) is 10.8. The smallest absolute Gasteiger partial charge is 0.309 e. The zero-order valence-electron chi connectivity index (χ0n) is 22.7. The zero-order valence-corrected chi connectivity index (χ0v) is 23.5. The fourth-order valence-electron chi connectivity index (χ4n) is 5.61. The van der Waals surface area contributed by atoms with Crippen LogP contribution in [0.3, 0.4) is 0 Å². The van der Waals surface area contributed by atoms with Crippen molar-refractivity contribution < 1.29 is 17.9 Å². The summed E-state index contributed by atoms with van der Waals surface area (Å²) in [7, 11) is -3.62. The molecular formula is C32H38N2O4S. The van der Waals surface area contributed by atoms with Gasteiger partial charge in [-0.1, -0.05) is 66.7 Å². The molecule has 0 N–H and O–H groups in total. The van der Waals surface area contributed by atoms with Crippen LogP contribution in [0.25, 0.3) is 11.1 Å². The van der Waals surface area contributed by atoms with Gasteiger partial charge in [-0.25, -0.2) is 8.42 Å². The number of likely N-dealkylation sites (tertiary alicyclic amines) is 1. The molecule has 1 atom stereocenters. The number of piperidine rings is 1. The molecule has 0 aromatic heterocycles. The van der Waals surface area contributed by atoms with Gasteiger partial charge in [-0.3, -0.25) is 4.79 Å². The molecule has 0 radical (unpaired) electrons. The molecule has 0 unspecified atom stereocenters. The number of hydrogen-bond donors (Lipinski definition) is 0. The van der Waals surface area contributed by atoms with Gasteiger partial charge in [0.05, 0.1) is 10.8 Å². The molecule has 0 aliphatic carbocycles. The Kier molecular flexibility index (Phi) is 8.80. The Balaban J connectivity index is 1.13. The summed E-state index contributed by atoms with van der Waals surface area (Å²) in [6.45, 7) is 5.48. The van der Waals surface area contributed by atoms with E-state index in [1.807, 2.05) is 42.5 Å². The molecule has 0 saturated carbocycles. The van der Waals surface area contributed by atoms with E-state index < -0.39 is 10.0 Å². The third-order valence-corrected chi connectivity index (χ3v) is 10.1. The van der Waals surface area contributed by atoms with Gasteiger partial charge in [-0.05, 0) is 80.0 Å². The Morgan fingerprint density at radius 1 is 0.821 bits per heavy atom. The maximum absolute atomic E-state index is 13.3. The molecule has 0 bridgehead atoms. The van der Waals surface area contributed by atoms with Crippen LogP contribution in [-0.4, -0.2) is 55.8 Å². The molecule has 2 saturated heterocycles. The van der Waals surface area contributed by atoms with Crippen molar-refractivity contribution in [3.63, 3.8) is 0 Å². The first-order valence-corrected chi connectivity index (χ1v) is 15.5. The molecule has 2 aliphatic rings. The second-order valence-corrected chi connectivity index (χ2v) is 12.7. The van der Waals surface area contributed by atoms with E-state index in [0.717, 1.165) is 29.7 Å². The van der Waals surface area contributed by atoms with Crippen LogP contribution in [0.15, 0.2) is 83.8 Å². The average molecular weight is 547 g/mol. The Hall–Kier alpha value is -3.00. The number of ether oxygens (including phenoxy) is 1. The Morgan fingerprint density at radius 2 is 1.46 bits per heavy atom. The summed E-state index contributed by atoms with van der Waals surface area (Å²) in [5, 5.41) is 0. The third kappa shape index (κ3) is 6.78. The minimum absolute atomic E-state index is 0.241. The number of hydrogen-bond acceptors (Lipinski definition) is 5. The summed E-state index contributed by atoms with van der Waals surface area (Å²) in [6.07, 6.45) is 4.58. The predicted molar refractivity (Wildman–Crippen MR) is 154 cm³/mol. The fraction of sp³-hybridized carbons (Fsp3) is 0.406. The minimum Gasteiger partial charge on any atom is -0.461 e. The van der Waals surface area contributed by atoms with E-state index in [2.05, 4.69) is 36.1 Å². The average Bonchev–Trinajstić information content (AvgIpc) is 3.40. The molecule has 2 fully saturated rings. The van der Waals surface area contributed by atoms with E-state index in [1.165, 1.54) is 29.3 Å². The first-order valence-electron chi connectivity index (χ1n) is 14.0. The lowest BCUT2D eigenvalue weighted by Crippen LogP contribution is -2.40. The third-order valence-electron chi connectivity index (χ3n) is 8.17. The standard InChI is InChI=1S/C32H38N2O4S/c1-25-6-5-20-33(25)21-17-26-9-11-28(12-10-26)29-13-15-31(16-14-29)39(36,37)34-22-18-30(19-23-34)32(35)38-24-27-7-3-2-4-8-27/h2-4,7-16,25,30H,5-6,17-24H2,1H3/t25-/m1/s1.